The maximum absolute atomic E-state index is 13.1. The standard InChI is InChI=1S/C9H7FN4O/c1-15-8-3-6(2-7(10)4-8)9-13-11-5-12-14-9/h2-5H,1H3. The molecule has 5 nitrogen and oxygen atoms in total. The molecule has 1 aromatic heterocycles. The first kappa shape index (κ1) is 9.45. The topological polar surface area (TPSA) is 60.8 Å². The van der Waals surface area contributed by atoms with Crippen molar-refractivity contribution in [2.24, 2.45) is 0 Å². The van der Waals surface area contributed by atoms with Gasteiger partial charge in [-0.3, -0.25) is 0 Å². The van der Waals surface area contributed by atoms with E-state index in [0.717, 1.165) is 0 Å². The van der Waals surface area contributed by atoms with Gasteiger partial charge < -0.3 is 4.74 Å². The lowest BCUT2D eigenvalue weighted by molar-refractivity contribution is 0.411. The van der Waals surface area contributed by atoms with Gasteiger partial charge in [-0.05, 0) is 12.1 Å². The molecule has 15 heavy (non-hydrogen) atoms. The zero-order chi connectivity index (χ0) is 10.7. The van der Waals surface area contributed by atoms with E-state index in [-0.39, 0.29) is 5.82 Å². The monoisotopic (exact) mass is 206 g/mol. The van der Waals surface area contributed by atoms with E-state index in [2.05, 4.69) is 20.4 Å². The molecule has 1 aromatic carbocycles. The predicted octanol–water partition coefficient (Wildman–Crippen LogP) is 1.08. The van der Waals surface area contributed by atoms with Gasteiger partial charge in [-0.1, -0.05) is 0 Å². The highest BCUT2D eigenvalue weighted by Crippen LogP contribution is 2.21. The van der Waals surface area contributed by atoms with Crippen LogP contribution < -0.4 is 4.74 Å². The van der Waals surface area contributed by atoms with Crippen LogP contribution in [0, 0.1) is 5.82 Å². The first-order chi connectivity index (χ1) is 7.29. The Morgan fingerprint density at radius 1 is 1.13 bits per heavy atom. The molecule has 0 N–H and O–H groups in total. The van der Waals surface area contributed by atoms with Crippen LogP contribution in [-0.2, 0) is 0 Å². The van der Waals surface area contributed by atoms with Gasteiger partial charge in [0.2, 0.25) is 5.82 Å². The molecule has 0 bridgehead atoms. The Bertz CT molecular complexity index is 463. The van der Waals surface area contributed by atoms with E-state index in [9.17, 15) is 4.39 Å². The van der Waals surface area contributed by atoms with Crippen LogP contribution in [0.1, 0.15) is 0 Å². The summed E-state index contributed by atoms with van der Waals surface area (Å²) in [7, 11) is 1.46. The van der Waals surface area contributed by atoms with Crippen LogP contribution in [0.25, 0.3) is 11.4 Å². The fourth-order valence-corrected chi connectivity index (χ4v) is 1.13. The number of aromatic nitrogens is 4. The number of hydrogen-bond donors (Lipinski definition) is 0. The highest BCUT2D eigenvalue weighted by Gasteiger charge is 2.06. The predicted molar refractivity (Wildman–Crippen MR) is 49.6 cm³/mol. The SMILES string of the molecule is COc1cc(F)cc(-c2nncnn2)c1. The second-order valence-corrected chi connectivity index (χ2v) is 2.75. The van der Waals surface area contributed by atoms with Crippen LogP contribution in [0.3, 0.4) is 0 Å². The summed E-state index contributed by atoms with van der Waals surface area (Å²) in [5, 5.41) is 14.6. The van der Waals surface area contributed by atoms with Crippen molar-refractivity contribution >= 4 is 0 Å². The number of ether oxygens (including phenoxy) is 1. The molecular formula is C9H7FN4O. The zero-order valence-corrected chi connectivity index (χ0v) is 7.88. The van der Waals surface area contributed by atoms with E-state index in [1.165, 1.54) is 25.6 Å². The number of halogens is 1. The molecule has 0 saturated carbocycles. The molecule has 2 aromatic rings. The first-order valence-corrected chi connectivity index (χ1v) is 4.15. The molecule has 0 aliphatic heterocycles. The maximum Gasteiger partial charge on any atom is 0.203 e. The van der Waals surface area contributed by atoms with Crippen LogP contribution in [-0.4, -0.2) is 27.5 Å². The van der Waals surface area contributed by atoms with Crippen molar-refractivity contribution < 1.29 is 9.13 Å². The molecule has 0 unspecified atom stereocenters. The third-order valence-corrected chi connectivity index (χ3v) is 1.77. The van der Waals surface area contributed by atoms with Gasteiger partial charge in [0, 0.05) is 11.6 Å². The highest BCUT2D eigenvalue weighted by atomic mass is 19.1. The summed E-state index contributed by atoms with van der Waals surface area (Å²) in [6.45, 7) is 0. The Balaban J connectivity index is 2.49. The van der Waals surface area contributed by atoms with Gasteiger partial charge in [0.25, 0.3) is 0 Å². The maximum atomic E-state index is 13.1. The molecule has 2 rings (SSSR count). The molecule has 0 atom stereocenters. The summed E-state index contributed by atoms with van der Waals surface area (Å²) in [5.74, 6) is 0.240. The first-order valence-electron chi connectivity index (χ1n) is 4.15. The van der Waals surface area contributed by atoms with Crippen LogP contribution >= 0.6 is 0 Å². The minimum absolute atomic E-state index is 0.260. The van der Waals surface area contributed by atoms with Crippen LogP contribution in [0.2, 0.25) is 0 Å². The summed E-state index contributed by atoms with van der Waals surface area (Å²) in [6, 6.07) is 4.18. The minimum Gasteiger partial charge on any atom is -0.497 e. The summed E-state index contributed by atoms with van der Waals surface area (Å²) in [6.07, 6.45) is 1.21. The van der Waals surface area contributed by atoms with Gasteiger partial charge in [-0.2, -0.15) is 0 Å². The molecule has 6 heteroatoms. The van der Waals surface area contributed by atoms with E-state index in [1.807, 2.05) is 0 Å². The molecule has 0 saturated heterocycles. The average molecular weight is 206 g/mol. The van der Waals surface area contributed by atoms with Gasteiger partial charge in [0.1, 0.15) is 11.6 Å². The molecular weight excluding hydrogens is 199 g/mol. The zero-order valence-electron chi connectivity index (χ0n) is 7.88. The molecule has 0 spiro atoms. The second kappa shape index (κ2) is 3.95. The Morgan fingerprint density at radius 3 is 2.53 bits per heavy atom. The Kier molecular flexibility index (Phi) is 2.49. The van der Waals surface area contributed by atoms with E-state index in [4.69, 9.17) is 4.74 Å². The number of methoxy groups -OCH3 is 1. The summed E-state index contributed by atoms with van der Waals surface area (Å²) in [4.78, 5) is 0. The van der Waals surface area contributed by atoms with E-state index in [0.29, 0.717) is 11.3 Å². The van der Waals surface area contributed by atoms with Crippen molar-refractivity contribution in [2.75, 3.05) is 7.11 Å². The van der Waals surface area contributed by atoms with Crippen LogP contribution in [0.4, 0.5) is 4.39 Å². The summed E-state index contributed by atoms with van der Waals surface area (Å²) < 4.78 is 18.0. The Morgan fingerprint density at radius 2 is 1.87 bits per heavy atom. The molecule has 0 radical (unpaired) electrons. The Hall–Kier alpha value is -2.11. The molecule has 1 heterocycles. The molecule has 0 aliphatic rings. The number of nitrogens with zero attached hydrogens (tertiary/aromatic N) is 4. The highest BCUT2D eigenvalue weighted by molar-refractivity contribution is 5.56. The van der Waals surface area contributed by atoms with Crippen molar-refractivity contribution in [3.8, 4) is 17.1 Å². The van der Waals surface area contributed by atoms with Gasteiger partial charge >= 0.3 is 0 Å². The van der Waals surface area contributed by atoms with Gasteiger partial charge in [-0.25, -0.2) is 4.39 Å². The van der Waals surface area contributed by atoms with Crippen molar-refractivity contribution in [1.82, 2.24) is 20.4 Å². The third kappa shape index (κ3) is 2.04. The fraction of sp³-hybridized carbons (Fsp3) is 0.111. The number of rotatable bonds is 2. The van der Waals surface area contributed by atoms with Gasteiger partial charge in [0.15, 0.2) is 6.33 Å². The Labute approximate surface area is 84.9 Å². The normalized spacial score (nSPS) is 10.0. The van der Waals surface area contributed by atoms with E-state index < -0.39 is 5.82 Å². The lowest BCUT2D eigenvalue weighted by Crippen LogP contribution is -1.95. The van der Waals surface area contributed by atoms with Crippen molar-refractivity contribution in [2.45, 2.75) is 0 Å². The van der Waals surface area contributed by atoms with Crippen LogP contribution in [0.5, 0.6) is 5.75 Å². The van der Waals surface area contributed by atoms with E-state index >= 15 is 0 Å². The smallest absolute Gasteiger partial charge is 0.203 e. The summed E-state index contributed by atoms with van der Waals surface area (Å²) in [5.41, 5.74) is 0.479. The molecule has 0 amide bonds. The minimum atomic E-state index is -0.420. The molecule has 0 aliphatic carbocycles. The molecule has 0 fully saturated rings. The van der Waals surface area contributed by atoms with Crippen molar-refractivity contribution in [1.29, 1.82) is 0 Å². The quantitative estimate of drug-likeness (QED) is 0.735. The third-order valence-electron chi connectivity index (χ3n) is 1.77. The van der Waals surface area contributed by atoms with Crippen LogP contribution in [0.15, 0.2) is 24.5 Å². The van der Waals surface area contributed by atoms with Gasteiger partial charge in [0.05, 0.1) is 7.11 Å². The van der Waals surface area contributed by atoms with Crippen molar-refractivity contribution in [3.63, 3.8) is 0 Å². The molecule has 76 valence electrons. The fourth-order valence-electron chi connectivity index (χ4n) is 1.13. The van der Waals surface area contributed by atoms with Crippen molar-refractivity contribution in [3.05, 3.63) is 30.3 Å². The number of hydrogen-bond acceptors (Lipinski definition) is 5. The number of benzene rings is 1. The summed E-state index contributed by atoms with van der Waals surface area (Å²) >= 11 is 0. The lowest BCUT2D eigenvalue weighted by atomic mass is 10.2. The average Bonchev–Trinajstić information content (AvgIpc) is 2.29. The van der Waals surface area contributed by atoms with E-state index in [1.54, 1.807) is 6.07 Å². The second-order valence-electron chi connectivity index (χ2n) is 2.75. The lowest BCUT2D eigenvalue weighted by Gasteiger charge is -2.02. The largest absolute Gasteiger partial charge is 0.497 e. The van der Waals surface area contributed by atoms with Gasteiger partial charge in [-0.15, -0.1) is 20.4 Å².